The van der Waals surface area contributed by atoms with Gasteiger partial charge in [0.2, 0.25) is 0 Å². The van der Waals surface area contributed by atoms with Crippen LogP contribution in [0.5, 0.6) is 0 Å². The van der Waals surface area contributed by atoms with E-state index in [1.54, 1.807) is 0 Å². The van der Waals surface area contributed by atoms with Gasteiger partial charge < -0.3 is 53.1 Å². The highest BCUT2D eigenvalue weighted by Crippen LogP contribution is 2.38. The number of hydrogen-bond donors (Lipinski definition) is 4. The second-order valence-electron chi connectivity index (χ2n) is 12.7. The molecule has 1 rings (SSSR count). The van der Waals surface area contributed by atoms with Gasteiger partial charge in [-0.15, -0.1) is 0 Å². The van der Waals surface area contributed by atoms with Gasteiger partial charge in [0.25, 0.3) is 7.82 Å². The Hall–Kier alpha value is -0.700. The Morgan fingerprint density at radius 3 is 1.91 bits per heavy atom. The summed E-state index contributed by atoms with van der Waals surface area (Å²) in [5, 5.41) is 39.6. The number of aliphatic hydroxyl groups is 4. The molecule has 0 spiro atoms. The highest BCUT2D eigenvalue weighted by atomic mass is 31.2. The van der Waals surface area contributed by atoms with E-state index in [0.717, 1.165) is 19.3 Å². The summed E-state index contributed by atoms with van der Waals surface area (Å²) in [5.74, 6) is -0.564. The normalized spacial score (nSPS) is 24.6. The van der Waals surface area contributed by atoms with Crippen LogP contribution in [-0.2, 0) is 32.6 Å². The van der Waals surface area contributed by atoms with Crippen molar-refractivity contribution in [3.8, 4) is 0 Å². The molecule has 1 unspecified atom stereocenters. The number of rotatable bonds is 26. The van der Waals surface area contributed by atoms with E-state index in [1.807, 2.05) is 21.1 Å². The molecular formula is C30H60NO12P. The lowest BCUT2D eigenvalue weighted by Crippen LogP contribution is -2.59. The average Bonchev–Trinajstić information content (AvgIpc) is 2.95. The first-order chi connectivity index (χ1) is 20.8. The van der Waals surface area contributed by atoms with Gasteiger partial charge in [-0.2, -0.15) is 0 Å². The summed E-state index contributed by atoms with van der Waals surface area (Å²) in [4.78, 5) is 24.8. The number of nitrogens with zero attached hydrogens (tertiary/aromatic N) is 1. The number of ether oxygens (including phenoxy) is 3. The van der Waals surface area contributed by atoms with Crippen molar-refractivity contribution in [3.63, 3.8) is 0 Å². The zero-order valence-corrected chi connectivity index (χ0v) is 28.2. The highest BCUT2D eigenvalue weighted by Gasteiger charge is 2.44. The van der Waals surface area contributed by atoms with E-state index >= 15 is 0 Å². The number of unbranched alkanes of at least 4 members (excludes halogenated alkanes) is 12. The molecule has 4 N–H and O–H groups in total. The first kappa shape index (κ1) is 41.3. The van der Waals surface area contributed by atoms with Crippen LogP contribution in [0.15, 0.2) is 0 Å². The number of phosphoric acid groups is 1. The van der Waals surface area contributed by atoms with Crippen LogP contribution in [0.4, 0.5) is 0 Å². The number of aliphatic hydroxyl groups excluding tert-OH is 4. The Balaban J connectivity index is 2.50. The molecule has 0 amide bonds. The minimum Gasteiger partial charge on any atom is -0.756 e. The minimum absolute atomic E-state index is 0.102. The average molecular weight is 658 g/mol. The molecule has 0 aliphatic carbocycles. The van der Waals surface area contributed by atoms with Crippen molar-refractivity contribution in [3.05, 3.63) is 0 Å². The van der Waals surface area contributed by atoms with E-state index in [0.29, 0.717) is 17.4 Å². The maximum atomic E-state index is 12.6. The van der Waals surface area contributed by atoms with Crippen LogP contribution in [-0.4, -0.2) is 122 Å². The molecule has 0 aromatic heterocycles. The third-order valence-corrected chi connectivity index (χ3v) is 8.47. The van der Waals surface area contributed by atoms with E-state index in [-0.39, 0.29) is 13.0 Å². The zero-order chi connectivity index (χ0) is 33.0. The number of phosphoric ester groups is 1. The Morgan fingerprint density at radius 2 is 1.39 bits per heavy atom. The van der Waals surface area contributed by atoms with Crippen molar-refractivity contribution >= 4 is 13.8 Å². The number of quaternary nitrogens is 1. The van der Waals surface area contributed by atoms with E-state index < -0.39 is 70.4 Å². The largest absolute Gasteiger partial charge is 0.756 e. The maximum Gasteiger partial charge on any atom is 0.306 e. The number of esters is 1. The van der Waals surface area contributed by atoms with Gasteiger partial charge >= 0.3 is 5.97 Å². The summed E-state index contributed by atoms with van der Waals surface area (Å²) < 4.78 is 38.8. The molecule has 1 fully saturated rings. The predicted molar refractivity (Wildman–Crippen MR) is 162 cm³/mol. The van der Waals surface area contributed by atoms with Gasteiger partial charge in [-0.05, 0) is 6.42 Å². The third kappa shape index (κ3) is 19.1. The lowest BCUT2D eigenvalue weighted by Gasteiger charge is -2.40. The lowest BCUT2D eigenvalue weighted by molar-refractivity contribution is -0.870. The van der Waals surface area contributed by atoms with Crippen LogP contribution < -0.4 is 4.89 Å². The molecular weight excluding hydrogens is 597 g/mol. The van der Waals surface area contributed by atoms with Crippen molar-refractivity contribution in [2.45, 2.75) is 134 Å². The molecule has 0 saturated carbocycles. The standard InChI is InChI=1S/C30H60NO12P/c1-5-6-7-8-9-10-11-12-13-14-15-16-17-18-26(33)42-24(23-41-44(37,38)40-20-19-31(2,3)4)22-39-30-29(36)28(35)27(34)25(21-32)43-30/h24-25,27-30,32,34-36H,5-23H2,1-4H3/t24-,25+,27+,28-,29+,30+/m0/s1. The Labute approximate surface area is 264 Å². The first-order valence-electron chi connectivity index (χ1n) is 16.3. The zero-order valence-electron chi connectivity index (χ0n) is 27.3. The lowest BCUT2D eigenvalue weighted by atomic mass is 9.99. The highest BCUT2D eigenvalue weighted by molar-refractivity contribution is 7.45. The summed E-state index contributed by atoms with van der Waals surface area (Å²) >= 11 is 0. The number of hydrogen-bond acceptors (Lipinski definition) is 12. The monoisotopic (exact) mass is 657 g/mol. The molecule has 44 heavy (non-hydrogen) atoms. The Bertz CT molecular complexity index is 796. The smallest absolute Gasteiger partial charge is 0.306 e. The predicted octanol–water partition coefficient (Wildman–Crippen LogP) is 2.40. The molecule has 1 aliphatic rings. The molecule has 13 nitrogen and oxygen atoms in total. The molecule has 0 bridgehead atoms. The molecule has 0 aromatic rings. The van der Waals surface area contributed by atoms with Crippen molar-refractivity contribution < 1.29 is 62.4 Å². The van der Waals surface area contributed by atoms with Crippen LogP contribution in [0.3, 0.4) is 0 Å². The summed E-state index contributed by atoms with van der Waals surface area (Å²) in [6.45, 7) is 0.833. The second-order valence-corrected chi connectivity index (χ2v) is 14.1. The van der Waals surface area contributed by atoms with Crippen LogP contribution >= 0.6 is 7.82 Å². The van der Waals surface area contributed by atoms with Gasteiger partial charge in [-0.3, -0.25) is 9.36 Å². The molecule has 1 saturated heterocycles. The van der Waals surface area contributed by atoms with Crippen molar-refractivity contribution in [2.24, 2.45) is 0 Å². The number of carbonyl (C=O) groups is 1. The van der Waals surface area contributed by atoms with Gasteiger partial charge in [-0.25, -0.2) is 0 Å². The van der Waals surface area contributed by atoms with Crippen LogP contribution in [0, 0.1) is 0 Å². The molecule has 0 radical (unpaired) electrons. The van der Waals surface area contributed by atoms with Crippen molar-refractivity contribution in [2.75, 3.05) is 54.1 Å². The minimum atomic E-state index is -4.72. The van der Waals surface area contributed by atoms with E-state index in [1.165, 1.54) is 57.8 Å². The van der Waals surface area contributed by atoms with Gasteiger partial charge in [0.1, 0.15) is 43.7 Å². The van der Waals surface area contributed by atoms with E-state index in [4.69, 9.17) is 23.3 Å². The van der Waals surface area contributed by atoms with Gasteiger partial charge in [-0.1, -0.05) is 84.0 Å². The van der Waals surface area contributed by atoms with Crippen LogP contribution in [0.2, 0.25) is 0 Å². The molecule has 1 heterocycles. The fourth-order valence-corrected chi connectivity index (χ4v) is 5.42. The summed E-state index contributed by atoms with van der Waals surface area (Å²) in [5.41, 5.74) is 0. The van der Waals surface area contributed by atoms with E-state index in [2.05, 4.69) is 6.92 Å². The summed E-state index contributed by atoms with van der Waals surface area (Å²) in [6.07, 6.45) is 6.52. The Kier molecular flexibility index (Phi) is 21.4. The van der Waals surface area contributed by atoms with Crippen molar-refractivity contribution in [1.82, 2.24) is 0 Å². The summed E-state index contributed by atoms with van der Waals surface area (Å²) in [7, 11) is 0.913. The third-order valence-electron chi connectivity index (χ3n) is 7.51. The number of likely N-dealkylation sites (N-methyl/N-ethyl adjacent to an activating group) is 1. The van der Waals surface area contributed by atoms with Crippen molar-refractivity contribution in [1.29, 1.82) is 0 Å². The SMILES string of the molecule is CCCCCCCCCCCCCCCC(=O)O[C@@H](CO[C@@H]1O[C@H](CO)[C@@H](O)[C@H](O)[C@H]1O)COP(=O)([O-])OCC[N+](C)(C)C. The van der Waals surface area contributed by atoms with Crippen LogP contribution in [0.25, 0.3) is 0 Å². The number of carbonyl (C=O) groups excluding carboxylic acids is 1. The fraction of sp³-hybridized carbons (Fsp3) is 0.967. The summed E-state index contributed by atoms with van der Waals surface area (Å²) in [6, 6.07) is 0. The van der Waals surface area contributed by atoms with Crippen LogP contribution in [0.1, 0.15) is 96.8 Å². The quantitative estimate of drug-likeness (QED) is 0.0462. The van der Waals surface area contributed by atoms with Gasteiger partial charge in [0, 0.05) is 6.42 Å². The Morgan fingerprint density at radius 1 is 0.841 bits per heavy atom. The van der Waals surface area contributed by atoms with E-state index in [9.17, 15) is 34.7 Å². The molecule has 7 atom stereocenters. The van der Waals surface area contributed by atoms with Gasteiger partial charge in [0.15, 0.2) is 6.29 Å². The maximum absolute atomic E-state index is 12.6. The topological polar surface area (TPSA) is 184 Å². The second kappa shape index (κ2) is 22.8. The van der Waals surface area contributed by atoms with Gasteiger partial charge in [0.05, 0.1) is 41.0 Å². The fourth-order valence-electron chi connectivity index (χ4n) is 4.69. The molecule has 14 heteroatoms. The first-order valence-corrected chi connectivity index (χ1v) is 17.8. The molecule has 262 valence electrons. The molecule has 0 aromatic carbocycles. The molecule has 1 aliphatic heterocycles.